The van der Waals surface area contributed by atoms with Gasteiger partial charge in [0.15, 0.2) is 0 Å². The minimum Gasteiger partial charge on any atom is -0.378 e. The number of morpholine rings is 1. The summed E-state index contributed by atoms with van der Waals surface area (Å²) in [7, 11) is 2.17. The van der Waals surface area contributed by atoms with E-state index in [1.54, 1.807) is 0 Å². The summed E-state index contributed by atoms with van der Waals surface area (Å²) in [4.78, 5) is 2.35. The molecule has 0 amide bonds. The van der Waals surface area contributed by atoms with Gasteiger partial charge in [0.25, 0.3) is 0 Å². The molecule has 4 atom stereocenters. The number of hydrogen-bond donors (Lipinski definition) is 1. The van der Waals surface area contributed by atoms with E-state index in [0.29, 0.717) is 24.3 Å². The van der Waals surface area contributed by atoms with Gasteiger partial charge in [0, 0.05) is 37.2 Å². The third kappa shape index (κ3) is 3.30. The Balaban J connectivity index is 1.81. The fourth-order valence-electron chi connectivity index (χ4n) is 3.19. The second kappa shape index (κ2) is 6.08. The molecule has 0 aromatic heterocycles. The standard InChI is InChI=1S/C15H30N2O2/c1-6-18-14-9-13(15(14,3)4)16-11(2)12-10-17(5)7-8-19-12/h11-14,16H,6-10H2,1-5H3/t11-,12+,13+,14-/m1/s1. The maximum Gasteiger partial charge on any atom is 0.0852 e. The van der Waals surface area contributed by atoms with E-state index in [1.807, 2.05) is 0 Å². The van der Waals surface area contributed by atoms with Crippen LogP contribution in [-0.2, 0) is 9.47 Å². The van der Waals surface area contributed by atoms with Crippen LogP contribution in [-0.4, -0.2) is 62.5 Å². The Labute approximate surface area is 117 Å². The molecule has 0 aromatic carbocycles. The van der Waals surface area contributed by atoms with Gasteiger partial charge < -0.3 is 19.7 Å². The smallest absolute Gasteiger partial charge is 0.0852 e. The van der Waals surface area contributed by atoms with Gasteiger partial charge in [-0.15, -0.1) is 0 Å². The van der Waals surface area contributed by atoms with E-state index in [9.17, 15) is 0 Å². The van der Waals surface area contributed by atoms with Crippen LogP contribution in [0.5, 0.6) is 0 Å². The lowest BCUT2D eigenvalue weighted by Gasteiger charge is -2.53. The first-order valence-corrected chi connectivity index (χ1v) is 7.63. The zero-order valence-electron chi connectivity index (χ0n) is 13.1. The van der Waals surface area contributed by atoms with Crippen molar-refractivity contribution in [3.05, 3.63) is 0 Å². The van der Waals surface area contributed by atoms with E-state index >= 15 is 0 Å². The van der Waals surface area contributed by atoms with E-state index in [0.717, 1.165) is 32.7 Å². The van der Waals surface area contributed by atoms with Crippen LogP contribution in [0.1, 0.15) is 34.1 Å². The second-order valence-corrected chi connectivity index (χ2v) is 6.68. The first-order chi connectivity index (χ1) is 8.95. The predicted molar refractivity (Wildman–Crippen MR) is 77.4 cm³/mol. The third-order valence-corrected chi connectivity index (χ3v) is 4.86. The molecule has 0 unspecified atom stereocenters. The average molecular weight is 270 g/mol. The topological polar surface area (TPSA) is 33.7 Å². The van der Waals surface area contributed by atoms with Gasteiger partial charge in [-0.2, -0.15) is 0 Å². The molecule has 0 bridgehead atoms. The Hall–Kier alpha value is -0.160. The Kier molecular flexibility index (Phi) is 4.88. The summed E-state index contributed by atoms with van der Waals surface area (Å²) in [6.07, 6.45) is 1.83. The number of hydrogen-bond acceptors (Lipinski definition) is 4. The highest BCUT2D eigenvalue weighted by Gasteiger charge is 2.49. The maximum atomic E-state index is 5.89. The van der Waals surface area contributed by atoms with E-state index < -0.39 is 0 Å². The lowest BCUT2D eigenvalue weighted by molar-refractivity contribution is -0.123. The van der Waals surface area contributed by atoms with Crippen molar-refractivity contribution in [2.75, 3.05) is 33.4 Å². The lowest BCUT2D eigenvalue weighted by Crippen LogP contribution is -2.64. The summed E-state index contributed by atoms with van der Waals surface area (Å²) < 4.78 is 11.7. The van der Waals surface area contributed by atoms with Crippen molar-refractivity contribution in [1.82, 2.24) is 10.2 Å². The molecule has 2 rings (SSSR count). The quantitative estimate of drug-likeness (QED) is 0.821. The van der Waals surface area contributed by atoms with Crippen LogP contribution in [0.15, 0.2) is 0 Å². The number of likely N-dealkylation sites (N-methyl/N-ethyl adjacent to an activating group) is 1. The van der Waals surface area contributed by atoms with Gasteiger partial charge in [0.2, 0.25) is 0 Å². The van der Waals surface area contributed by atoms with E-state index in [4.69, 9.17) is 9.47 Å². The summed E-state index contributed by atoms with van der Waals surface area (Å²) in [5.74, 6) is 0. The fraction of sp³-hybridized carbons (Fsp3) is 1.00. The van der Waals surface area contributed by atoms with Gasteiger partial charge in [0.1, 0.15) is 0 Å². The molecule has 0 aromatic rings. The Morgan fingerprint density at radius 1 is 1.47 bits per heavy atom. The van der Waals surface area contributed by atoms with E-state index in [1.165, 1.54) is 0 Å². The number of nitrogens with one attached hydrogen (secondary N) is 1. The van der Waals surface area contributed by atoms with Crippen molar-refractivity contribution in [2.24, 2.45) is 5.41 Å². The van der Waals surface area contributed by atoms with Crippen molar-refractivity contribution in [3.63, 3.8) is 0 Å². The largest absolute Gasteiger partial charge is 0.378 e. The Bertz CT molecular complexity index is 296. The number of nitrogens with zero attached hydrogens (tertiary/aromatic N) is 1. The monoisotopic (exact) mass is 270 g/mol. The van der Waals surface area contributed by atoms with Crippen LogP contribution in [0, 0.1) is 5.41 Å². The van der Waals surface area contributed by atoms with Crippen LogP contribution in [0.2, 0.25) is 0 Å². The third-order valence-electron chi connectivity index (χ3n) is 4.86. The normalized spacial score (nSPS) is 36.8. The molecule has 1 saturated carbocycles. The summed E-state index contributed by atoms with van der Waals surface area (Å²) in [5, 5.41) is 3.75. The zero-order valence-corrected chi connectivity index (χ0v) is 13.1. The predicted octanol–water partition coefficient (Wildman–Crippen LogP) is 1.50. The molecule has 0 spiro atoms. The van der Waals surface area contributed by atoms with Gasteiger partial charge in [-0.25, -0.2) is 0 Å². The maximum absolute atomic E-state index is 5.89. The van der Waals surface area contributed by atoms with Gasteiger partial charge in [-0.3, -0.25) is 0 Å². The minimum atomic E-state index is 0.227. The van der Waals surface area contributed by atoms with Crippen molar-refractivity contribution >= 4 is 0 Å². The molecule has 112 valence electrons. The summed E-state index contributed by atoms with van der Waals surface area (Å²) in [6.45, 7) is 12.7. The zero-order chi connectivity index (χ0) is 14.0. The fourth-order valence-corrected chi connectivity index (χ4v) is 3.19. The van der Waals surface area contributed by atoms with Crippen molar-refractivity contribution in [1.29, 1.82) is 0 Å². The highest BCUT2D eigenvalue weighted by Crippen LogP contribution is 2.43. The first kappa shape index (κ1) is 15.2. The second-order valence-electron chi connectivity index (χ2n) is 6.68. The molecule has 4 nitrogen and oxygen atoms in total. The number of ether oxygens (including phenoxy) is 2. The Morgan fingerprint density at radius 2 is 2.21 bits per heavy atom. The van der Waals surface area contributed by atoms with Crippen molar-refractivity contribution < 1.29 is 9.47 Å². The molecule has 1 aliphatic heterocycles. The Morgan fingerprint density at radius 3 is 2.79 bits per heavy atom. The highest BCUT2D eigenvalue weighted by molar-refractivity contribution is 5.04. The SMILES string of the molecule is CCO[C@@H]1C[C@H](N[C@H](C)[C@@H]2CN(C)CCO2)C1(C)C. The van der Waals surface area contributed by atoms with Gasteiger partial charge in [-0.1, -0.05) is 13.8 Å². The molecule has 1 heterocycles. The molecule has 2 aliphatic rings. The van der Waals surface area contributed by atoms with E-state index in [2.05, 4.69) is 45.0 Å². The summed E-state index contributed by atoms with van der Waals surface area (Å²) >= 11 is 0. The number of rotatable bonds is 5. The molecule has 19 heavy (non-hydrogen) atoms. The van der Waals surface area contributed by atoms with E-state index in [-0.39, 0.29) is 5.41 Å². The molecule has 2 fully saturated rings. The average Bonchev–Trinajstić information content (AvgIpc) is 2.37. The molecular weight excluding hydrogens is 240 g/mol. The molecule has 1 aliphatic carbocycles. The van der Waals surface area contributed by atoms with Crippen LogP contribution < -0.4 is 5.32 Å². The first-order valence-electron chi connectivity index (χ1n) is 7.63. The molecular formula is C15H30N2O2. The molecule has 1 N–H and O–H groups in total. The van der Waals surface area contributed by atoms with Crippen molar-refractivity contribution in [3.8, 4) is 0 Å². The van der Waals surface area contributed by atoms with Crippen LogP contribution in [0.4, 0.5) is 0 Å². The van der Waals surface area contributed by atoms with Crippen LogP contribution in [0.3, 0.4) is 0 Å². The minimum absolute atomic E-state index is 0.227. The van der Waals surface area contributed by atoms with Gasteiger partial charge in [0.05, 0.1) is 18.8 Å². The van der Waals surface area contributed by atoms with Gasteiger partial charge >= 0.3 is 0 Å². The highest BCUT2D eigenvalue weighted by atomic mass is 16.5. The molecule has 0 radical (unpaired) electrons. The van der Waals surface area contributed by atoms with Gasteiger partial charge in [-0.05, 0) is 27.3 Å². The summed E-state index contributed by atoms with van der Waals surface area (Å²) in [6, 6.07) is 0.935. The molecule has 1 saturated heterocycles. The van der Waals surface area contributed by atoms with Crippen molar-refractivity contribution in [2.45, 2.75) is 58.4 Å². The van der Waals surface area contributed by atoms with Crippen LogP contribution in [0.25, 0.3) is 0 Å². The summed E-state index contributed by atoms with van der Waals surface area (Å²) in [5.41, 5.74) is 0.227. The van der Waals surface area contributed by atoms with Crippen LogP contribution >= 0.6 is 0 Å². The molecule has 4 heteroatoms. The lowest BCUT2D eigenvalue weighted by atomic mass is 9.64.